The average molecular weight is 291 g/mol. The fourth-order valence-electron chi connectivity index (χ4n) is 1.38. The van der Waals surface area contributed by atoms with Gasteiger partial charge in [-0.05, 0) is 25.1 Å². The van der Waals surface area contributed by atoms with Gasteiger partial charge in [0.05, 0.1) is 16.8 Å². The first-order valence-corrected chi connectivity index (χ1v) is 6.04. The molecule has 0 bridgehead atoms. The zero-order valence-corrected chi connectivity index (χ0v) is 10.5. The number of carbonyl (C=O) groups excluding carboxylic acids is 1. The number of thiazole rings is 1. The maximum absolute atomic E-state index is 12.1. The van der Waals surface area contributed by atoms with E-state index in [1.165, 1.54) is 12.1 Å². The number of carbonyl (C=O) groups is 1. The number of aromatic nitrogens is 1. The Morgan fingerprint density at radius 2 is 2.16 bits per heavy atom. The lowest BCUT2D eigenvalue weighted by atomic mass is 10.3. The number of benzene rings is 1. The molecule has 1 aromatic heterocycles. The van der Waals surface area contributed by atoms with Crippen molar-refractivity contribution in [2.75, 3.05) is 6.61 Å². The van der Waals surface area contributed by atoms with Gasteiger partial charge in [-0.2, -0.15) is 0 Å². The smallest absolute Gasteiger partial charge is 0.461 e. The van der Waals surface area contributed by atoms with Gasteiger partial charge >= 0.3 is 12.3 Å². The predicted octanol–water partition coefficient (Wildman–Crippen LogP) is 3.37. The summed E-state index contributed by atoms with van der Waals surface area (Å²) in [4.78, 5) is 15.4. The maximum Gasteiger partial charge on any atom is 0.573 e. The van der Waals surface area contributed by atoms with E-state index in [4.69, 9.17) is 4.74 Å². The fourth-order valence-corrected chi connectivity index (χ4v) is 2.27. The molecule has 0 atom stereocenters. The molecule has 0 fully saturated rings. The summed E-state index contributed by atoms with van der Waals surface area (Å²) in [6.07, 6.45) is -4.75. The summed E-state index contributed by atoms with van der Waals surface area (Å²) in [5, 5.41) is 0.0982. The van der Waals surface area contributed by atoms with Crippen LogP contribution in [0.2, 0.25) is 0 Å². The molecule has 0 radical (unpaired) electrons. The van der Waals surface area contributed by atoms with Crippen LogP contribution in [0.25, 0.3) is 10.2 Å². The highest BCUT2D eigenvalue weighted by molar-refractivity contribution is 7.20. The zero-order chi connectivity index (χ0) is 14.0. The summed E-state index contributed by atoms with van der Waals surface area (Å²) >= 11 is 0.952. The normalized spacial score (nSPS) is 11.6. The molecule has 1 heterocycles. The van der Waals surface area contributed by atoms with Gasteiger partial charge in [0.25, 0.3) is 0 Å². The van der Waals surface area contributed by atoms with Crippen molar-refractivity contribution in [3.63, 3.8) is 0 Å². The van der Waals surface area contributed by atoms with Crippen molar-refractivity contribution in [1.82, 2.24) is 4.98 Å². The summed E-state index contributed by atoms with van der Waals surface area (Å²) in [7, 11) is 0. The van der Waals surface area contributed by atoms with Crippen LogP contribution < -0.4 is 4.74 Å². The summed E-state index contributed by atoms with van der Waals surface area (Å²) in [6, 6.07) is 3.68. The largest absolute Gasteiger partial charge is 0.573 e. The van der Waals surface area contributed by atoms with Crippen LogP contribution in [0.15, 0.2) is 18.2 Å². The van der Waals surface area contributed by atoms with Crippen molar-refractivity contribution in [3.05, 3.63) is 23.2 Å². The van der Waals surface area contributed by atoms with E-state index in [0.717, 1.165) is 17.4 Å². The average Bonchev–Trinajstić information content (AvgIpc) is 2.70. The first-order chi connectivity index (χ1) is 8.89. The van der Waals surface area contributed by atoms with Crippen molar-refractivity contribution in [1.29, 1.82) is 0 Å². The Balaban J connectivity index is 2.31. The van der Waals surface area contributed by atoms with Gasteiger partial charge in [0.1, 0.15) is 5.75 Å². The van der Waals surface area contributed by atoms with Crippen LogP contribution in [-0.4, -0.2) is 23.9 Å². The van der Waals surface area contributed by atoms with E-state index in [1.54, 1.807) is 6.92 Å². The van der Waals surface area contributed by atoms with Crippen LogP contribution in [0, 0.1) is 0 Å². The van der Waals surface area contributed by atoms with Crippen LogP contribution in [0.1, 0.15) is 16.7 Å². The predicted molar refractivity (Wildman–Crippen MR) is 62.3 cm³/mol. The third-order valence-corrected chi connectivity index (χ3v) is 3.04. The fraction of sp³-hybridized carbons (Fsp3) is 0.273. The molecule has 0 amide bonds. The SMILES string of the molecule is CCOC(=O)c1nc2ccc(OC(F)(F)F)cc2s1. The number of hydrogen-bond acceptors (Lipinski definition) is 5. The van der Waals surface area contributed by atoms with Gasteiger partial charge < -0.3 is 9.47 Å². The van der Waals surface area contributed by atoms with Crippen molar-refractivity contribution in [2.24, 2.45) is 0 Å². The van der Waals surface area contributed by atoms with Crippen molar-refractivity contribution >= 4 is 27.5 Å². The molecule has 0 saturated carbocycles. The minimum absolute atomic E-state index is 0.0982. The van der Waals surface area contributed by atoms with Gasteiger partial charge in [-0.1, -0.05) is 0 Å². The third-order valence-electron chi connectivity index (χ3n) is 2.04. The van der Waals surface area contributed by atoms with Crippen molar-refractivity contribution < 1.29 is 27.4 Å². The van der Waals surface area contributed by atoms with Crippen LogP contribution in [0.4, 0.5) is 13.2 Å². The molecule has 8 heteroatoms. The maximum atomic E-state index is 12.1. The quantitative estimate of drug-likeness (QED) is 0.813. The van der Waals surface area contributed by atoms with Crippen LogP contribution in [0.3, 0.4) is 0 Å². The number of esters is 1. The second-order valence-corrected chi connectivity index (χ2v) is 4.45. The number of alkyl halides is 3. The van der Waals surface area contributed by atoms with Gasteiger partial charge in [0.2, 0.25) is 5.01 Å². The van der Waals surface area contributed by atoms with Gasteiger partial charge in [-0.3, -0.25) is 0 Å². The Morgan fingerprint density at radius 3 is 2.79 bits per heavy atom. The monoisotopic (exact) mass is 291 g/mol. The zero-order valence-electron chi connectivity index (χ0n) is 9.65. The van der Waals surface area contributed by atoms with Gasteiger partial charge in [-0.25, -0.2) is 9.78 Å². The minimum Gasteiger partial charge on any atom is -0.461 e. The first kappa shape index (κ1) is 13.6. The lowest BCUT2D eigenvalue weighted by Crippen LogP contribution is -2.16. The summed E-state index contributed by atoms with van der Waals surface area (Å²) < 4.78 is 45.2. The Morgan fingerprint density at radius 1 is 1.42 bits per heavy atom. The molecule has 2 rings (SSSR count). The van der Waals surface area contributed by atoms with Crippen LogP contribution in [-0.2, 0) is 4.74 Å². The van der Waals surface area contributed by atoms with Gasteiger partial charge in [-0.15, -0.1) is 24.5 Å². The number of rotatable bonds is 3. The number of ether oxygens (including phenoxy) is 2. The molecule has 102 valence electrons. The minimum atomic E-state index is -4.75. The molecular formula is C11H8F3NO3S. The molecule has 0 spiro atoms. The summed E-state index contributed by atoms with van der Waals surface area (Å²) in [6.45, 7) is 1.86. The molecule has 19 heavy (non-hydrogen) atoms. The molecule has 4 nitrogen and oxygen atoms in total. The van der Waals surface area contributed by atoms with E-state index >= 15 is 0 Å². The number of hydrogen-bond donors (Lipinski definition) is 0. The molecule has 0 N–H and O–H groups in total. The molecule has 2 aromatic rings. The van der Waals surface area contributed by atoms with E-state index in [0.29, 0.717) is 10.2 Å². The van der Waals surface area contributed by atoms with Crippen molar-refractivity contribution in [2.45, 2.75) is 13.3 Å². The first-order valence-electron chi connectivity index (χ1n) is 5.22. The second kappa shape index (κ2) is 5.04. The van der Waals surface area contributed by atoms with E-state index < -0.39 is 12.3 Å². The lowest BCUT2D eigenvalue weighted by molar-refractivity contribution is -0.274. The van der Waals surface area contributed by atoms with E-state index in [1.807, 2.05) is 0 Å². The van der Waals surface area contributed by atoms with Crippen LogP contribution in [0.5, 0.6) is 5.75 Å². The van der Waals surface area contributed by atoms with E-state index in [9.17, 15) is 18.0 Å². The highest BCUT2D eigenvalue weighted by Gasteiger charge is 2.31. The standard InChI is InChI=1S/C11H8F3NO3S/c1-2-17-10(16)9-15-7-4-3-6(5-8(7)19-9)18-11(12,13)14/h3-5H,2H2,1H3. The topological polar surface area (TPSA) is 48.4 Å². The molecule has 0 aliphatic carbocycles. The second-order valence-electron chi connectivity index (χ2n) is 3.42. The van der Waals surface area contributed by atoms with Gasteiger partial charge in [0.15, 0.2) is 0 Å². The van der Waals surface area contributed by atoms with Crippen LogP contribution >= 0.6 is 11.3 Å². The Labute approximate surface area is 109 Å². The molecular weight excluding hydrogens is 283 g/mol. The Hall–Kier alpha value is -1.83. The Kier molecular flexibility index (Phi) is 3.61. The molecule has 0 aliphatic rings. The highest BCUT2D eigenvalue weighted by Crippen LogP contribution is 2.29. The van der Waals surface area contributed by atoms with E-state index in [-0.39, 0.29) is 17.4 Å². The lowest BCUT2D eigenvalue weighted by Gasteiger charge is -2.07. The molecule has 0 unspecified atom stereocenters. The van der Waals surface area contributed by atoms with Crippen molar-refractivity contribution in [3.8, 4) is 5.75 Å². The summed E-state index contributed by atoms with van der Waals surface area (Å²) in [5.74, 6) is -0.943. The third kappa shape index (κ3) is 3.34. The van der Waals surface area contributed by atoms with E-state index in [2.05, 4.69) is 9.72 Å². The molecule has 0 saturated heterocycles. The number of halogens is 3. The number of fused-ring (bicyclic) bond motifs is 1. The Bertz CT molecular complexity index is 609. The van der Waals surface area contributed by atoms with Gasteiger partial charge in [0, 0.05) is 0 Å². The molecule has 0 aliphatic heterocycles. The highest BCUT2D eigenvalue weighted by atomic mass is 32.1. The summed E-state index contributed by atoms with van der Waals surface area (Å²) in [5.41, 5.74) is 0.419. The number of nitrogens with zero attached hydrogens (tertiary/aromatic N) is 1. The molecule has 1 aromatic carbocycles.